The topological polar surface area (TPSA) is 114 Å². The molecule has 9 nitrogen and oxygen atoms in total. The highest BCUT2D eigenvalue weighted by atomic mass is 79.9. The van der Waals surface area contributed by atoms with Crippen LogP contribution in [0.15, 0.2) is 80.9 Å². The molecule has 3 N–H and O–H groups in total. The minimum Gasteiger partial charge on any atom is -0.493 e. The predicted octanol–water partition coefficient (Wildman–Crippen LogP) is 6.09. The summed E-state index contributed by atoms with van der Waals surface area (Å²) in [5, 5.41) is 7.70. The van der Waals surface area contributed by atoms with Crippen molar-refractivity contribution in [2.75, 3.05) is 13.7 Å². The van der Waals surface area contributed by atoms with Crippen LogP contribution in [0.4, 0.5) is 4.79 Å². The second kappa shape index (κ2) is 14.0. The molecule has 4 aromatic rings. The number of carbonyl (C=O) groups is 2. The smallest absolute Gasteiger partial charge is 0.407 e. The van der Waals surface area contributed by atoms with E-state index < -0.39 is 18.0 Å². The lowest BCUT2D eigenvalue weighted by atomic mass is 10.0. The molecule has 1 atom stereocenters. The van der Waals surface area contributed by atoms with Crippen molar-refractivity contribution in [3.05, 3.63) is 92.5 Å². The number of hydrazone groups is 1. The Morgan fingerprint density at radius 1 is 1.10 bits per heavy atom. The number of fused-ring (bicyclic) bond motifs is 1. The minimum atomic E-state index is -0.911. The van der Waals surface area contributed by atoms with Crippen LogP contribution in [-0.2, 0) is 22.6 Å². The Bertz CT molecular complexity index is 1500. The standard InChI is InChI=1S/C29H28Br2N4O5/c1-3-39-29(37)34-25(14-20-16-32-24-7-5-4-6-22(20)24)28(36)35-33-15-19-12-23(31)27(26(13-19)38-2)40-17-18-8-10-21(30)11-9-18/h4-13,15-16,25,32H,3,14,17H2,1-2H3,(H,34,37)(H,35,36)/b33-15-/t25-/m1/s1. The number of methoxy groups -OCH3 is 1. The summed E-state index contributed by atoms with van der Waals surface area (Å²) in [6.45, 7) is 2.24. The van der Waals surface area contributed by atoms with Crippen LogP contribution in [0.2, 0.25) is 0 Å². The Morgan fingerprint density at radius 2 is 1.88 bits per heavy atom. The fourth-order valence-electron chi connectivity index (χ4n) is 3.98. The third kappa shape index (κ3) is 7.64. The molecule has 4 rings (SSSR count). The molecule has 0 radical (unpaired) electrons. The quantitative estimate of drug-likeness (QED) is 0.132. The predicted molar refractivity (Wildman–Crippen MR) is 161 cm³/mol. The molecule has 0 unspecified atom stereocenters. The van der Waals surface area contributed by atoms with Crippen molar-refractivity contribution in [1.29, 1.82) is 0 Å². The van der Waals surface area contributed by atoms with Gasteiger partial charge in [0.25, 0.3) is 5.91 Å². The van der Waals surface area contributed by atoms with Gasteiger partial charge in [0.15, 0.2) is 11.5 Å². The van der Waals surface area contributed by atoms with Crippen LogP contribution in [-0.4, -0.2) is 43.0 Å². The Hall–Kier alpha value is -3.83. The number of ether oxygens (including phenoxy) is 3. The molecular weight excluding hydrogens is 644 g/mol. The number of amides is 2. The molecule has 3 aromatic carbocycles. The maximum Gasteiger partial charge on any atom is 0.407 e. The fourth-order valence-corrected chi connectivity index (χ4v) is 4.82. The van der Waals surface area contributed by atoms with Gasteiger partial charge in [-0.2, -0.15) is 5.10 Å². The highest BCUT2D eigenvalue weighted by molar-refractivity contribution is 9.10. The molecule has 0 spiro atoms. The van der Waals surface area contributed by atoms with Crippen LogP contribution in [0.25, 0.3) is 10.9 Å². The molecule has 40 heavy (non-hydrogen) atoms. The Labute approximate surface area is 248 Å². The van der Waals surface area contributed by atoms with E-state index in [1.54, 1.807) is 26.2 Å². The van der Waals surface area contributed by atoms with Crippen molar-refractivity contribution in [3.8, 4) is 11.5 Å². The minimum absolute atomic E-state index is 0.185. The number of hydrogen-bond acceptors (Lipinski definition) is 6. The van der Waals surface area contributed by atoms with Crippen molar-refractivity contribution in [3.63, 3.8) is 0 Å². The normalized spacial score (nSPS) is 11.8. The van der Waals surface area contributed by atoms with E-state index >= 15 is 0 Å². The van der Waals surface area contributed by atoms with E-state index in [0.29, 0.717) is 28.1 Å². The Kier molecular flexibility index (Phi) is 10.2. The molecule has 208 valence electrons. The number of nitrogens with one attached hydrogen (secondary N) is 3. The molecule has 0 saturated carbocycles. The second-order valence-electron chi connectivity index (χ2n) is 8.66. The van der Waals surface area contributed by atoms with Crippen LogP contribution in [0, 0.1) is 0 Å². The van der Waals surface area contributed by atoms with Crippen molar-refractivity contribution in [1.82, 2.24) is 15.7 Å². The first-order valence-electron chi connectivity index (χ1n) is 12.4. The van der Waals surface area contributed by atoms with Gasteiger partial charge in [-0.25, -0.2) is 10.2 Å². The number of para-hydroxylation sites is 1. The summed E-state index contributed by atoms with van der Waals surface area (Å²) in [6.07, 6.45) is 2.87. The zero-order valence-electron chi connectivity index (χ0n) is 21.9. The molecule has 0 fully saturated rings. The lowest BCUT2D eigenvalue weighted by Gasteiger charge is -2.16. The molecule has 1 heterocycles. The van der Waals surface area contributed by atoms with Gasteiger partial charge in [-0.05, 0) is 69.9 Å². The monoisotopic (exact) mass is 670 g/mol. The molecular formula is C29H28Br2N4O5. The number of benzene rings is 3. The summed E-state index contributed by atoms with van der Waals surface area (Å²) in [7, 11) is 1.55. The highest BCUT2D eigenvalue weighted by Crippen LogP contribution is 2.37. The SMILES string of the molecule is CCOC(=O)N[C@H](Cc1c[nH]c2ccccc12)C(=O)N/N=C\c1cc(Br)c(OCc2ccc(Br)cc2)c(OC)c1. The first kappa shape index (κ1) is 29.2. The van der Waals surface area contributed by atoms with Gasteiger partial charge in [-0.3, -0.25) is 4.79 Å². The average Bonchev–Trinajstić information content (AvgIpc) is 3.35. The number of H-pyrrole nitrogens is 1. The van der Waals surface area contributed by atoms with Gasteiger partial charge in [-0.1, -0.05) is 46.3 Å². The number of halogens is 2. The van der Waals surface area contributed by atoms with Gasteiger partial charge < -0.3 is 24.5 Å². The number of aromatic amines is 1. The van der Waals surface area contributed by atoms with E-state index in [2.05, 4.69) is 52.7 Å². The number of rotatable bonds is 11. The van der Waals surface area contributed by atoms with Crippen LogP contribution in [0.5, 0.6) is 11.5 Å². The summed E-state index contributed by atoms with van der Waals surface area (Å²) in [5.41, 5.74) is 6.00. The van der Waals surface area contributed by atoms with Crippen molar-refractivity contribution in [2.45, 2.75) is 26.0 Å². The third-order valence-electron chi connectivity index (χ3n) is 5.92. The Morgan fingerprint density at radius 3 is 2.62 bits per heavy atom. The summed E-state index contributed by atoms with van der Waals surface area (Å²) in [5.74, 6) is 0.555. The summed E-state index contributed by atoms with van der Waals surface area (Å²) < 4.78 is 18.2. The molecule has 2 amide bonds. The lowest BCUT2D eigenvalue weighted by Crippen LogP contribution is -2.47. The van der Waals surface area contributed by atoms with E-state index in [4.69, 9.17) is 14.2 Å². The van der Waals surface area contributed by atoms with Crippen LogP contribution in [0.1, 0.15) is 23.6 Å². The number of carbonyl (C=O) groups excluding carboxylic acids is 2. The van der Waals surface area contributed by atoms with Crippen molar-refractivity contribution in [2.24, 2.45) is 5.10 Å². The zero-order valence-corrected chi connectivity index (χ0v) is 25.0. The number of aromatic nitrogens is 1. The molecule has 0 aliphatic rings. The molecule has 0 bridgehead atoms. The maximum absolute atomic E-state index is 13.1. The number of nitrogens with zero attached hydrogens (tertiary/aromatic N) is 1. The summed E-state index contributed by atoms with van der Waals surface area (Å²) >= 11 is 6.96. The molecule has 1 aromatic heterocycles. The van der Waals surface area contributed by atoms with Gasteiger partial charge in [0.1, 0.15) is 12.6 Å². The molecule has 0 saturated heterocycles. The van der Waals surface area contributed by atoms with Gasteiger partial charge in [0.2, 0.25) is 0 Å². The second-order valence-corrected chi connectivity index (χ2v) is 10.4. The first-order chi connectivity index (χ1) is 19.4. The van der Waals surface area contributed by atoms with Crippen LogP contribution >= 0.6 is 31.9 Å². The van der Waals surface area contributed by atoms with Gasteiger partial charge in [0, 0.05) is 28.0 Å². The van der Waals surface area contributed by atoms with E-state index in [9.17, 15) is 9.59 Å². The van der Waals surface area contributed by atoms with E-state index in [1.165, 1.54) is 6.21 Å². The van der Waals surface area contributed by atoms with Gasteiger partial charge >= 0.3 is 6.09 Å². The third-order valence-corrected chi connectivity index (χ3v) is 7.04. The van der Waals surface area contributed by atoms with E-state index in [1.807, 2.05) is 54.7 Å². The summed E-state index contributed by atoms with van der Waals surface area (Å²) in [4.78, 5) is 28.4. The zero-order chi connectivity index (χ0) is 28.5. The maximum atomic E-state index is 13.1. The molecule has 11 heteroatoms. The molecule has 0 aliphatic heterocycles. The summed E-state index contributed by atoms with van der Waals surface area (Å²) in [6, 6.07) is 18.2. The van der Waals surface area contributed by atoms with Crippen molar-refractivity contribution < 1.29 is 23.8 Å². The van der Waals surface area contributed by atoms with Gasteiger partial charge in [-0.15, -0.1) is 0 Å². The number of hydrogen-bond donors (Lipinski definition) is 3. The average molecular weight is 672 g/mol. The van der Waals surface area contributed by atoms with Crippen LogP contribution < -0.4 is 20.2 Å². The van der Waals surface area contributed by atoms with Crippen LogP contribution in [0.3, 0.4) is 0 Å². The van der Waals surface area contributed by atoms with E-state index in [-0.39, 0.29) is 13.0 Å². The first-order valence-corrected chi connectivity index (χ1v) is 14.0. The Balaban J connectivity index is 1.45. The highest BCUT2D eigenvalue weighted by Gasteiger charge is 2.23. The largest absolute Gasteiger partial charge is 0.493 e. The lowest BCUT2D eigenvalue weighted by molar-refractivity contribution is -0.123. The number of alkyl carbamates (subject to hydrolysis) is 1. The van der Waals surface area contributed by atoms with Crippen molar-refractivity contribution >= 4 is 61.0 Å². The van der Waals surface area contributed by atoms with E-state index in [0.717, 1.165) is 26.5 Å². The molecule has 0 aliphatic carbocycles. The van der Waals surface area contributed by atoms with Gasteiger partial charge in [0.05, 0.1) is 24.4 Å². The fraction of sp³-hybridized carbons (Fsp3) is 0.207.